The molecule has 7 heteroatoms. The maximum Gasteiger partial charge on any atom is 0.0900 e. The molecule has 0 radical (unpaired) electrons. The first-order valence-corrected chi connectivity index (χ1v) is 10.6. The van der Waals surface area contributed by atoms with Gasteiger partial charge in [-0.05, 0) is 39.8 Å². The summed E-state index contributed by atoms with van der Waals surface area (Å²) in [6, 6.07) is 4.31. The van der Waals surface area contributed by atoms with Crippen molar-refractivity contribution >= 4 is 45.3 Å². The van der Waals surface area contributed by atoms with Crippen LogP contribution in [-0.2, 0) is 0 Å². The van der Waals surface area contributed by atoms with E-state index in [0.29, 0.717) is 0 Å². The zero-order valence-corrected chi connectivity index (χ0v) is 17.1. The fourth-order valence-corrected chi connectivity index (χ4v) is 5.33. The van der Waals surface area contributed by atoms with Gasteiger partial charge in [0.1, 0.15) is 0 Å². The molecule has 0 spiro atoms. The van der Waals surface area contributed by atoms with E-state index in [9.17, 15) is 0 Å². The van der Waals surface area contributed by atoms with Crippen LogP contribution in [0.1, 0.15) is 19.9 Å². The largest absolute Gasteiger partial charge is 0.249 e. The summed E-state index contributed by atoms with van der Waals surface area (Å²) in [6.45, 7) is 8.20. The van der Waals surface area contributed by atoms with Crippen LogP contribution in [-0.4, -0.2) is 15.0 Å². The minimum Gasteiger partial charge on any atom is -0.249 e. The van der Waals surface area contributed by atoms with E-state index in [0.717, 1.165) is 15.0 Å². The molecule has 0 aliphatic carbocycles. The fourth-order valence-electron chi connectivity index (χ4n) is 1.99. The summed E-state index contributed by atoms with van der Waals surface area (Å²) in [6.07, 6.45) is 5.77. The summed E-state index contributed by atoms with van der Waals surface area (Å²) >= 11 is 7.00. The Kier molecular flexibility index (Phi) is 5.55. The van der Waals surface area contributed by atoms with Gasteiger partial charge in [-0.2, -0.15) is 0 Å². The van der Waals surface area contributed by atoms with Gasteiger partial charge in [0.05, 0.1) is 29.7 Å². The molecular formula is C17H17N3S4. The Labute approximate surface area is 157 Å². The summed E-state index contributed by atoms with van der Waals surface area (Å²) in [5.74, 6) is 0. The maximum absolute atomic E-state index is 4.23. The van der Waals surface area contributed by atoms with Crippen LogP contribution >= 0.6 is 45.3 Å². The molecule has 0 atom stereocenters. The lowest BCUT2D eigenvalue weighted by molar-refractivity contribution is 1.29. The first-order chi connectivity index (χ1) is 11.5. The lowest BCUT2D eigenvalue weighted by Gasteiger charge is -1.85. The van der Waals surface area contributed by atoms with Gasteiger partial charge in [0.15, 0.2) is 0 Å². The number of hydrogen-bond donors (Lipinski definition) is 0. The average molecular weight is 392 g/mol. The standard InChI is InChI=1S/C9H9NS2.C8H8N2S2/c1-6-3-4-8(11-6)9-5-10-7(2)12-9;1-5-9-3-7(11-5)8-4-10-6(2)12-8/h3-5H,1-2H3;3-4H,1-2H3. The van der Waals surface area contributed by atoms with E-state index >= 15 is 0 Å². The number of thiazole rings is 3. The monoisotopic (exact) mass is 391 g/mol. The van der Waals surface area contributed by atoms with Gasteiger partial charge in [-0.25, -0.2) is 15.0 Å². The molecule has 0 aliphatic heterocycles. The van der Waals surface area contributed by atoms with Gasteiger partial charge in [0.25, 0.3) is 0 Å². The highest BCUT2D eigenvalue weighted by molar-refractivity contribution is 7.22. The van der Waals surface area contributed by atoms with Crippen molar-refractivity contribution in [2.24, 2.45) is 0 Å². The van der Waals surface area contributed by atoms with Gasteiger partial charge < -0.3 is 0 Å². The van der Waals surface area contributed by atoms with Crippen molar-refractivity contribution in [2.75, 3.05) is 0 Å². The zero-order valence-electron chi connectivity index (χ0n) is 13.9. The minimum absolute atomic E-state index is 1.11. The van der Waals surface area contributed by atoms with Gasteiger partial charge in [0, 0.05) is 28.3 Å². The molecule has 0 aromatic carbocycles. The van der Waals surface area contributed by atoms with Crippen molar-refractivity contribution in [3.05, 3.63) is 50.6 Å². The van der Waals surface area contributed by atoms with Crippen molar-refractivity contribution in [2.45, 2.75) is 27.7 Å². The van der Waals surface area contributed by atoms with Gasteiger partial charge in [-0.15, -0.1) is 45.3 Å². The molecule has 0 amide bonds. The Bertz CT molecular complexity index is 776. The van der Waals surface area contributed by atoms with Crippen LogP contribution in [0.5, 0.6) is 0 Å². The van der Waals surface area contributed by atoms with Crippen LogP contribution in [0.25, 0.3) is 19.5 Å². The Balaban J connectivity index is 0.000000141. The molecule has 4 aromatic heterocycles. The molecule has 3 nitrogen and oxygen atoms in total. The average Bonchev–Trinajstić information content (AvgIpc) is 3.29. The van der Waals surface area contributed by atoms with Gasteiger partial charge >= 0.3 is 0 Å². The summed E-state index contributed by atoms with van der Waals surface area (Å²) in [5, 5.41) is 3.35. The number of rotatable bonds is 2. The summed E-state index contributed by atoms with van der Waals surface area (Å²) < 4.78 is 0. The van der Waals surface area contributed by atoms with Crippen LogP contribution in [0, 0.1) is 27.7 Å². The Morgan fingerprint density at radius 1 is 0.542 bits per heavy atom. The van der Waals surface area contributed by atoms with E-state index in [4.69, 9.17) is 0 Å². The normalized spacial score (nSPS) is 10.5. The number of nitrogens with zero attached hydrogens (tertiary/aromatic N) is 3. The third kappa shape index (κ3) is 4.36. The van der Waals surface area contributed by atoms with Gasteiger partial charge in [0.2, 0.25) is 0 Å². The highest BCUT2D eigenvalue weighted by atomic mass is 32.1. The first-order valence-electron chi connectivity index (χ1n) is 7.36. The third-order valence-corrected chi connectivity index (χ3v) is 7.22. The molecule has 0 N–H and O–H groups in total. The predicted octanol–water partition coefficient (Wildman–Crippen LogP) is 6.37. The lowest BCUT2D eigenvalue weighted by atomic mass is 10.4. The Morgan fingerprint density at radius 3 is 1.25 bits per heavy atom. The van der Waals surface area contributed by atoms with Crippen molar-refractivity contribution in [3.63, 3.8) is 0 Å². The van der Waals surface area contributed by atoms with Crippen LogP contribution in [0.15, 0.2) is 30.7 Å². The fraction of sp³-hybridized carbons (Fsp3) is 0.235. The van der Waals surface area contributed by atoms with Crippen LogP contribution in [0.3, 0.4) is 0 Å². The molecular weight excluding hydrogens is 374 g/mol. The zero-order chi connectivity index (χ0) is 17.1. The molecule has 4 heterocycles. The van der Waals surface area contributed by atoms with Crippen LogP contribution in [0.4, 0.5) is 0 Å². The molecule has 0 bridgehead atoms. The maximum atomic E-state index is 4.23. The minimum atomic E-state index is 1.11. The second kappa shape index (κ2) is 7.65. The van der Waals surface area contributed by atoms with E-state index in [1.54, 1.807) is 34.0 Å². The number of thiophene rings is 1. The quantitative estimate of drug-likeness (QED) is 0.398. The van der Waals surface area contributed by atoms with E-state index in [1.165, 1.54) is 24.4 Å². The number of aryl methyl sites for hydroxylation is 4. The van der Waals surface area contributed by atoms with E-state index in [2.05, 4.69) is 34.0 Å². The smallest absolute Gasteiger partial charge is 0.0900 e. The summed E-state index contributed by atoms with van der Waals surface area (Å²) in [7, 11) is 0. The first kappa shape index (κ1) is 17.4. The highest BCUT2D eigenvalue weighted by Crippen LogP contribution is 2.31. The molecule has 124 valence electrons. The number of aromatic nitrogens is 3. The highest BCUT2D eigenvalue weighted by Gasteiger charge is 2.04. The van der Waals surface area contributed by atoms with Gasteiger partial charge in [-0.1, -0.05) is 0 Å². The van der Waals surface area contributed by atoms with E-state index in [-0.39, 0.29) is 0 Å². The Hall–Kier alpha value is -1.41. The second-order valence-electron chi connectivity index (χ2n) is 5.14. The lowest BCUT2D eigenvalue weighted by Crippen LogP contribution is -1.60. The summed E-state index contributed by atoms with van der Waals surface area (Å²) in [4.78, 5) is 19.0. The molecule has 0 fully saturated rings. The van der Waals surface area contributed by atoms with Crippen molar-refractivity contribution < 1.29 is 0 Å². The molecule has 0 aliphatic rings. The van der Waals surface area contributed by atoms with Crippen molar-refractivity contribution in [1.29, 1.82) is 0 Å². The Morgan fingerprint density at radius 2 is 0.958 bits per heavy atom. The van der Waals surface area contributed by atoms with Crippen LogP contribution < -0.4 is 0 Å². The van der Waals surface area contributed by atoms with E-state index < -0.39 is 0 Å². The molecule has 4 rings (SSSR count). The van der Waals surface area contributed by atoms with Crippen molar-refractivity contribution in [1.82, 2.24) is 15.0 Å². The molecule has 24 heavy (non-hydrogen) atoms. The SMILES string of the molecule is Cc1ccc(-c2cnc(C)s2)s1.Cc1ncc(-c2cnc(C)s2)s1. The topological polar surface area (TPSA) is 38.7 Å². The molecule has 0 saturated carbocycles. The molecule has 0 unspecified atom stereocenters. The predicted molar refractivity (Wildman–Crippen MR) is 108 cm³/mol. The number of hydrogen-bond acceptors (Lipinski definition) is 7. The summed E-state index contributed by atoms with van der Waals surface area (Å²) in [5.41, 5.74) is 0. The molecule has 4 aromatic rings. The van der Waals surface area contributed by atoms with Crippen LogP contribution in [0.2, 0.25) is 0 Å². The third-order valence-electron chi connectivity index (χ3n) is 3.09. The molecule has 0 saturated heterocycles. The van der Waals surface area contributed by atoms with Gasteiger partial charge in [-0.3, -0.25) is 0 Å². The van der Waals surface area contributed by atoms with E-state index in [1.807, 2.05) is 50.7 Å². The second-order valence-corrected chi connectivity index (χ2v) is 10.1. The van der Waals surface area contributed by atoms with Crippen molar-refractivity contribution in [3.8, 4) is 19.5 Å².